The fourth-order valence-electron chi connectivity index (χ4n) is 3.11. The molecule has 0 unspecified atom stereocenters. The second kappa shape index (κ2) is 6.19. The summed E-state index contributed by atoms with van der Waals surface area (Å²) in [6.45, 7) is 2.28. The minimum Gasteiger partial charge on any atom is -0.319 e. The van der Waals surface area contributed by atoms with E-state index in [-0.39, 0.29) is 5.54 Å². The molecule has 0 atom stereocenters. The molecule has 0 amide bonds. The first-order valence-corrected chi connectivity index (χ1v) is 9.29. The van der Waals surface area contributed by atoms with Crippen LogP contribution in [0.1, 0.15) is 44.0 Å². The second-order valence-corrected chi connectivity index (χ2v) is 7.74. The Bertz CT molecular complexity index is 615. The van der Waals surface area contributed by atoms with Crippen LogP contribution in [0.5, 0.6) is 0 Å². The SMILES string of the molecule is CCC1CCC(N)(c2nc(-c3ccccc3Br)cs2)CC1. The molecule has 1 aromatic heterocycles. The fourth-order valence-corrected chi connectivity index (χ4v) is 4.59. The van der Waals surface area contributed by atoms with Gasteiger partial charge in [0.15, 0.2) is 0 Å². The average Bonchev–Trinajstić information content (AvgIpc) is 2.99. The Labute approximate surface area is 138 Å². The van der Waals surface area contributed by atoms with Gasteiger partial charge in [-0.25, -0.2) is 4.98 Å². The molecule has 3 rings (SSSR count). The first-order valence-electron chi connectivity index (χ1n) is 7.62. The maximum Gasteiger partial charge on any atom is 0.113 e. The summed E-state index contributed by atoms with van der Waals surface area (Å²) in [4.78, 5) is 4.85. The van der Waals surface area contributed by atoms with E-state index in [0.29, 0.717) is 0 Å². The van der Waals surface area contributed by atoms with Gasteiger partial charge in [-0.05, 0) is 37.7 Å². The number of thiazole rings is 1. The molecule has 2 aromatic rings. The van der Waals surface area contributed by atoms with E-state index in [9.17, 15) is 0 Å². The molecule has 0 spiro atoms. The van der Waals surface area contributed by atoms with Crippen molar-refractivity contribution in [2.75, 3.05) is 0 Å². The molecule has 1 aromatic carbocycles. The molecule has 1 aliphatic rings. The summed E-state index contributed by atoms with van der Waals surface area (Å²) in [5.74, 6) is 0.851. The minimum absolute atomic E-state index is 0.212. The number of rotatable bonds is 3. The lowest BCUT2D eigenvalue weighted by atomic mass is 9.76. The molecule has 1 heterocycles. The third-order valence-corrected chi connectivity index (χ3v) is 6.41. The summed E-state index contributed by atoms with van der Waals surface area (Å²) < 4.78 is 1.09. The minimum atomic E-state index is -0.212. The molecule has 0 radical (unpaired) electrons. The van der Waals surface area contributed by atoms with Gasteiger partial charge in [-0.2, -0.15) is 0 Å². The number of hydrogen-bond acceptors (Lipinski definition) is 3. The van der Waals surface area contributed by atoms with Gasteiger partial charge in [0.2, 0.25) is 0 Å². The van der Waals surface area contributed by atoms with Crippen molar-refractivity contribution in [2.45, 2.75) is 44.6 Å². The highest BCUT2D eigenvalue weighted by molar-refractivity contribution is 9.10. The molecule has 0 saturated heterocycles. The van der Waals surface area contributed by atoms with Crippen molar-refractivity contribution in [3.63, 3.8) is 0 Å². The summed E-state index contributed by atoms with van der Waals surface area (Å²) in [7, 11) is 0. The lowest BCUT2D eigenvalue weighted by Gasteiger charge is -2.35. The monoisotopic (exact) mass is 364 g/mol. The summed E-state index contributed by atoms with van der Waals surface area (Å²) in [6.07, 6.45) is 5.87. The van der Waals surface area contributed by atoms with Crippen molar-refractivity contribution in [3.05, 3.63) is 39.1 Å². The molecule has 0 aliphatic heterocycles. The van der Waals surface area contributed by atoms with Crippen LogP contribution >= 0.6 is 27.3 Å². The van der Waals surface area contributed by atoms with Crippen LogP contribution in [0.25, 0.3) is 11.3 Å². The largest absolute Gasteiger partial charge is 0.319 e. The Hall–Kier alpha value is -0.710. The number of halogens is 1. The summed E-state index contributed by atoms with van der Waals surface area (Å²) in [5, 5.41) is 3.23. The average molecular weight is 365 g/mol. The van der Waals surface area contributed by atoms with E-state index >= 15 is 0 Å². The van der Waals surface area contributed by atoms with Gasteiger partial charge < -0.3 is 5.73 Å². The highest BCUT2D eigenvalue weighted by Gasteiger charge is 2.35. The molecular weight excluding hydrogens is 344 g/mol. The van der Waals surface area contributed by atoms with Crippen LogP contribution in [-0.2, 0) is 5.54 Å². The zero-order chi connectivity index (χ0) is 14.9. The van der Waals surface area contributed by atoms with E-state index in [1.165, 1.54) is 19.3 Å². The number of aromatic nitrogens is 1. The third-order valence-electron chi connectivity index (χ3n) is 4.65. The molecule has 1 fully saturated rings. The predicted octanol–water partition coefficient (Wildman–Crippen LogP) is 5.33. The van der Waals surface area contributed by atoms with Crippen molar-refractivity contribution in [2.24, 2.45) is 11.7 Å². The van der Waals surface area contributed by atoms with Crippen LogP contribution < -0.4 is 5.73 Å². The zero-order valence-corrected chi connectivity index (χ0v) is 14.7. The van der Waals surface area contributed by atoms with E-state index in [4.69, 9.17) is 10.7 Å². The summed E-state index contributed by atoms with van der Waals surface area (Å²) in [6, 6.07) is 8.22. The van der Waals surface area contributed by atoms with Gasteiger partial charge in [0.25, 0.3) is 0 Å². The lowest BCUT2D eigenvalue weighted by Crippen LogP contribution is -2.40. The van der Waals surface area contributed by atoms with E-state index in [2.05, 4.69) is 40.4 Å². The first kappa shape index (κ1) is 15.2. The zero-order valence-electron chi connectivity index (χ0n) is 12.3. The van der Waals surface area contributed by atoms with Crippen LogP contribution in [0, 0.1) is 5.92 Å². The van der Waals surface area contributed by atoms with Crippen LogP contribution in [0.15, 0.2) is 34.1 Å². The van der Waals surface area contributed by atoms with Crippen molar-refractivity contribution >= 4 is 27.3 Å². The van der Waals surface area contributed by atoms with Gasteiger partial charge in [0.1, 0.15) is 5.01 Å². The topological polar surface area (TPSA) is 38.9 Å². The quantitative estimate of drug-likeness (QED) is 0.799. The molecule has 21 heavy (non-hydrogen) atoms. The Morgan fingerprint density at radius 1 is 1.33 bits per heavy atom. The Balaban J connectivity index is 1.84. The summed E-state index contributed by atoms with van der Waals surface area (Å²) >= 11 is 5.31. The first-order chi connectivity index (χ1) is 10.1. The number of benzene rings is 1. The van der Waals surface area contributed by atoms with Gasteiger partial charge in [-0.15, -0.1) is 11.3 Å². The second-order valence-electron chi connectivity index (χ2n) is 6.03. The third kappa shape index (κ3) is 3.08. The highest BCUT2D eigenvalue weighted by Crippen LogP contribution is 2.41. The number of nitrogens with two attached hydrogens (primary N) is 1. The Morgan fingerprint density at radius 2 is 2.05 bits per heavy atom. The van der Waals surface area contributed by atoms with Crippen molar-refractivity contribution < 1.29 is 0 Å². The molecule has 2 nitrogen and oxygen atoms in total. The van der Waals surface area contributed by atoms with Crippen molar-refractivity contribution in [1.82, 2.24) is 4.98 Å². The van der Waals surface area contributed by atoms with Crippen LogP contribution in [0.4, 0.5) is 0 Å². The molecule has 2 N–H and O–H groups in total. The Kier molecular flexibility index (Phi) is 4.48. The van der Waals surface area contributed by atoms with Crippen LogP contribution in [0.2, 0.25) is 0 Å². The van der Waals surface area contributed by atoms with E-state index in [0.717, 1.165) is 39.5 Å². The van der Waals surface area contributed by atoms with Crippen molar-refractivity contribution in [3.8, 4) is 11.3 Å². The molecule has 1 saturated carbocycles. The number of hydrogen-bond donors (Lipinski definition) is 1. The van der Waals surface area contributed by atoms with E-state index in [1.807, 2.05) is 12.1 Å². The van der Waals surface area contributed by atoms with Gasteiger partial charge in [0.05, 0.1) is 11.2 Å². The molecule has 1 aliphatic carbocycles. The maximum atomic E-state index is 6.66. The van der Waals surface area contributed by atoms with E-state index in [1.54, 1.807) is 11.3 Å². The molecule has 0 bridgehead atoms. The summed E-state index contributed by atoms with van der Waals surface area (Å²) in [5.41, 5.74) is 8.63. The molecule has 4 heteroatoms. The van der Waals surface area contributed by atoms with Crippen LogP contribution in [0.3, 0.4) is 0 Å². The standard InChI is InChI=1S/C17H21BrN2S/c1-2-12-7-9-17(19,10-8-12)16-20-15(11-21-16)13-5-3-4-6-14(13)18/h3-6,11-12H,2,7-10,19H2,1H3. The van der Waals surface area contributed by atoms with Gasteiger partial charge in [-0.3, -0.25) is 0 Å². The van der Waals surface area contributed by atoms with Crippen LogP contribution in [-0.4, -0.2) is 4.98 Å². The lowest BCUT2D eigenvalue weighted by molar-refractivity contribution is 0.231. The Morgan fingerprint density at radius 3 is 2.71 bits per heavy atom. The van der Waals surface area contributed by atoms with Gasteiger partial charge in [0, 0.05) is 15.4 Å². The molecular formula is C17H21BrN2S. The normalized spacial score (nSPS) is 26.0. The van der Waals surface area contributed by atoms with Gasteiger partial charge >= 0.3 is 0 Å². The van der Waals surface area contributed by atoms with Crippen molar-refractivity contribution in [1.29, 1.82) is 0 Å². The van der Waals surface area contributed by atoms with Gasteiger partial charge in [-0.1, -0.05) is 47.5 Å². The smallest absolute Gasteiger partial charge is 0.113 e. The number of nitrogens with zero attached hydrogens (tertiary/aromatic N) is 1. The molecule has 112 valence electrons. The van der Waals surface area contributed by atoms with E-state index < -0.39 is 0 Å². The fraction of sp³-hybridized carbons (Fsp3) is 0.471. The predicted molar refractivity (Wildman–Crippen MR) is 93.4 cm³/mol. The maximum absolute atomic E-state index is 6.66. The highest BCUT2D eigenvalue weighted by atomic mass is 79.9.